The molecule has 0 aromatic carbocycles. The van der Waals surface area contributed by atoms with Gasteiger partial charge in [0.2, 0.25) is 6.41 Å². The first-order valence-corrected chi connectivity index (χ1v) is 5.80. The van der Waals surface area contributed by atoms with Crippen LogP contribution in [0, 0.1) is 5.92 Å². The van der Waals surface area contributed by atoms with Crippen molar-refractivity contribution in [3.63, 3.8) is 0 Å². The highest BCUT2D eigenvalue weighted by Gasteiger charge is 2.40. The maximum absolute atomic E-state index is 12.1. The first kappa shape index (κ1) is 17.6. The van der Waals surface area contributed by atoms with Crippen molar-refractivity contribution in [1.29, 1.82) is 0 Å². The molecule has 1 aliphatic heterocycles. The van der Waals surface area contributed by atoms with E-state index < -0.39 is 12.1 Å². The third-order valence-electron chi connectivity index (χ3n) is 2.14. The Bertz CT molecular complexity index is 163. The fourth-order valence-electron chi connectivity index (χ4n) is 1.33. The van der Waals surface area contributed by atoms with Gasteiger partial charge in [-0.1, -0.05) is 27.7 Å². The quantitative estimate of drug-likeness (QED) is 0.644. The Morgan fingerprint density at radius 1 is 1.06 bits per heavy atom. The number of likely N-dealkylation sites (tertiary alicyclic amines) is 1. The number of piperidine rings is 1. The normalized spacial score (nSPS) is 16.6. The molecule has 0 aromatic heterocycles. The van der Waals surface area contributed by atoms with Crippen molar-refractivity contribution in [3.8, 4) is 0 Å². The molecule has 1 rings (SSSR count). The molecule has 0 spiro atoms. The fourth-order valence-corrected chi connectivity index (χ4v) is 1.33. The molecule has 0 aromatic rings. The van der Waals surface area contributed by atoms with E-state index in [1.807, 2.05) is 27.7 Å². The van der Waals surface area contributed by atoms with E-state index in [-0.39, 0.29) is 25.9 Å². The Kier molecular flexibility index (Phi) is 10.5. The van der Waals surface area contributed by atoms with E-state index >= 15 is 0 Å². The topological polar surface area (TPSA) is 20.3 Å². The number of rotatable bonds is 1. The van der Waals surface area contributed by atoms with E-state index in [0.29, 0.717) is 6.41 Å². The Morgan fingerprint density at radius 3 is 1.69 bits per heavy atom. The van der Waals surface area contributed by atoms with Crippen LogP contribution in [0.3, 0.4) is 0 Å². The molecule has 1 amide bonds. The molecule has 0 saturated carbocycles. The summed E-state index contributed by atoms with van der Waals surface area (Å²) in [7, 11) is 0. The van der Waals surface area contributed by atoms with Crippen molar-refractivity contribution in [2.75, 3.05) is 13.1 Å². The smallest absolute Gasteiger partial charge is 0.345 e. The maximum atomic E-state index is 12.1. The first-order valence-electron chi connectivity index (χ1n) is 5.80. The van der Waals surface area contributed by atoms with Crippen molar-refractivity contribution < 1.29 is 18.0 Å². The lowest BCUT2D eigenvalue weighted by molar-refractivity contribution is -0.185. The van der Waals surface area contributed by atoms with Crippen LogP contribution in [-0.2, 0) is 4.79 Å². The van der Waals surface area contributed by atoms with Gasteiger partial charge >= 0.3 is 6.18 Å². The van der Waals surface area contributed by atoms with Crippen LogP contribution in [0.4, 0.5) is 13.2 Å². The van der Waals surface area contributed by atoms with E-state index in [2.05, 4.69) is 0 Å². The van der Waals surface area contributed by atoms with Crippen LogP contribution in [0.25, 0.3) is 0 Å². The predicted octanol–water partition coefficient (Wildman–Crippen LogP) is 3.47. The highest BCUT2D eigenvalue weighted by Crippen LogP contribution is 2.33. The van der Waals surface area contributed by atoms with Crippen LogP contribution in [0.15, 0.2) is 0 Å². The zero-order valence-corrected chi connectivity index (χ0v) is 10.5. The summed E-state index contributed by atoms with van der Waals surface area (Å²) in [6.45, 7) is 8.46. The van der Waals surface area contributed by atoms with Gasteiger partial charge in [-0.2, -0.15) is 13.2 Å². The van der Waals surface area contributed by atoms with Gasteiger partial charge in [-0.25, -0.2) is 0 Å². The van der Waals surface area contributed by atoms with Crippen LogP contribution in [-0.4, -0.2) is 30.6 Å². The molecule has 5 heteroatoms. The largest absolute Gasteiger partial charge is 0.391 e. The van der Waals surface area contributed by atoms with Crippen molar-refractivity contribution in [3.05, 3.63) is 0 Å². The van der Waals surface area contributed by atoms with Crippen molar-refractivity contribution in [2.45, 2.75) is 46.7 Å². The summed E-state index contributed by atoms with van der Waals surface area (Å²) in [5, 5.41) is 0. The molecule has 1 aliphatic rings. The summed E-state index contributed by atoms with van der Waals surface area (Å²) in [6, 6.07) is 0. The average molecular weight is 241 g/mol. The zero-order chi connectivity index (χ0) is 13.2. The summed E-state index contributed by atoms with van der Waals surface area (Å²) < 4.78 is 36.2. The molecule has 0 radical (unpaired) electrons. The van der Waals surface area contributed by atoms with Crippen LogP contribution in [0.2, 0.25) is 0 Å². The number of carbonyl (C=O) groups excluding carboxylic acids is 1. The lowest BCUT2D eigenvalue weighted by atomic mass is 9.97. The number of hydrogen-bond donors (Lipinski definition) is 0. The number of alkyl halides is 3. The maximum Gasteiger partial charge on any atom is 0.391 e. The van der Waals surface area contributed by atoms with Crippen molar-refractivity contribution in [2.24, 2.45) is 5.92 Å². The standard InChI is InChI=1S/C7H10F3NO.2C2H6/c8-7(9,10)6-1-3-11(5-12)4-2-6;2*1-2/h5-6H,1-4H2;2*1-2H3. The number of nitrogens with zero attached hydrogens (tertiary/aromatic N) is 1. The van der Waals surface area contributed by atoms with Gasteiger partial charge in [0.05, 0.1) is 5.92 Å². The second-order valence-corrected chi connectivity index (χ2v) is 2.96. The van der Waals surface area contributed by atoms with Gasteiger partial charge in [0, 0.05) is 13.1 Å². The lowest BCUT2D eigenvalue weighted by Gasteiger charge is -2.30. The third kappa shape index (κ3) is 6.69. The second kappa shape index (κ2) is 9.48. The minimum atomic E-state index is -4.09. The van der Waals surface area contributed by atoms with E-state index in [1.54, 1.807) is 0 Å². The molecule has 0 atom stereocenters. The molecular formula is C11H22F3NO. The molecule has 0 bridgehead atoms. The Labute approximate surface area is 95.8 Å². The Balaban J connectivity index is 0. The number of amides is 1. The molecule has 1 fully saturated rings. The summed E-state index contributed by atoms with van der Waals surface area (Å²) in [5.74, 6) is -1.21. The zero-order valence-electron chi connectivity index (χ0n) is 10.5. The molecule has 1 saturated heterocycles. The summed E-state index contributed by atoms with van der Waals surface area (Å²) in [6.07, 6.45) is -3.40. The van der Waals surface area contributed by atoms with Gasteiger partial charge in [0.25, 0.3) is 0 Å². The van der Waals surface area contributed by atoms with Gasteiger partial charge in [0.15, 0.2) is 0 Å². The molecule has 98 valence electrons. The molecule has 1 heterocycles. The molecule has 0 N–H and O–H groups in total. The molecule has 16 heavy (non-hydrogen) atoms. The first-order chi connectivity index (χ1) is 7.54. The number of carbonyl (C=O) groups is 1. The minimum absolute atomic E-state index is 0.0439. The minimum Gasteiger partial charge on any atom is -0.345 e. The van der Waals surface area contributed by atoms with Gasteiger partial charge < -0.3 is 4.90 Å². The lowest BCUT2D eigenvalue weighted by Crippen LogP contribution is -2.38. The summed E-state index contributed by atoms with van der Waals surface area (Å²) in [4.78, 5) is 11.5. The summed E-state index contributed by atoms with van der Waals surface area (Å²) in [5.41, 5.74) is 0. The van der Waals surface area contributed by atoms with Crippen LogP contribution in [0.5, 0.6) is 0 Å². The van der Waals surface area contributed by atoms with Crippen LogP contribution in [0.1, 0.15) is 40.5 Å². The van der Waals surface area contributed by atoms with Gasteiger partial charge in [0.1, 0.15) is 0 Å². The number of hydrogen-bond acceptors (Lipinski definition) is 1. The fraction of sp³-hybridized carbons (Fsp3) is 0.909. The number of halogens is 3. The average Bonchev–Trinajstić information content (AvgIpc) is 2.33. The van der Waals surface area contributed by atoms with Gasteiger partial charge in [-0.05, 0) is 12.8 Å². The predicted molar refractivity (Wildman–Crippen MR) is 59.1 cm³/mol. The van der Waals surface area contributed by atoms with E-state index in [4.69, 9.17) is 0 Å². The van der Waals surface area contributed by atoms with Crippen LogP contribution < -0.4 is 0 Å². The van der Waals surface area contributed by atoms with E-state index in [1.165, 1.54) is 4.90 Å². The Hall–Kier alpha value is -0.740. The van der Waals surface area contributed by atoms with E-state index in [0.717, 1.165) is 0 Å². The molecule has 0 aliphatic carbocycles. The third-order valence-corrected chi connectivity index (χ3v) is 2.14. The van der Waals surface area contributed by atoms with Gasteiger partial charge in [-0.15, -0.1) is 0 Å². The van der Waals surface area contributed by atoms with E-state index in [9.17, 15) is 18.0 Å². The molecular weight excluding hydrogens is 219 g/mol. The van der Waals surface area contributed by atoms with Crippen molar-refractivity contribution in [1.82, 2.24) is 4.90 Å². The van der Waals surface area contributed by atoms with Crippen LogP contribution >= 0.6 is 0 Å². The highest BCUT2D eigenvalue weighted by atomic mass is 19.4. The van der Waals surface area contributed by atoms with Crippen molar-refractivity contribution >= 4 is 6.41 Å². The summed E-state index contributed by atoms with van der Waals surface area (Å²) >= 11 is 0. The molecule has 0 unspecified atom stereocenters. The SMILES string of the molecule is CC.CC.O=CN1CCC(C(F)(F)F)CC1. The Morgan fingerprint density at radius 2 is 1.44 bits per heavy atom. The molecule has 2 nitrogen and oxygen atoms in total. The second-order valence-electron chi connectivity index (χ2n) is 2.96. The van der Waals surface area contributed by atoms with Gasteiger partial charge in [-0.3, -0.25) is 4.79 Å². The monoisotopic (exact) mass is 241 g/mol. The highest BCUT2D eigenvalue weighted by molar-refractivity contribution is 5.47.